The van der Waals surface area contributed by atoms with Crippen molar-refractivity contribution < 1.29 is 5.11 Å². The van der Waals surface area contributed by atoms with Crippen molar-refractivity contribution in [1.29, 1.82) is 0 Å². The van der Waals surface area contributed by atoms with Gasteiger partial charge >= 0.3 is 0 Å². The largest absolute Gasteiger partial charge is 0.388 e. The van der Waals surface area contributed by atoms with Gasteiger partial charge in [-0.15, -0.1) is 0 Å². The van der Waals surface area contributed by atoms with Gasteiger partial charge in [-0.25, -0.2) is 9.97 Å². The summed E-state index contributed by atoms with van der Waals surface area (Å²) in [4.78, 5) is 9.17. The third-order valence-corrected chi connectivity index (χ3v) is 3.72. The van der Waals surface area contributed by atoms with Crippen LogP contribution in [0.25, 0.3) is 0 Å². The highest BCUT2D eigenvalue weighted by Gasteiger charge is 2.35. The minimum atomic E-state index is -0.877. The molecule has 0 saturated heterocycles. The van der Waals surface area contributed by atoms with Gasteiger partial charge in [0.25, 0.3) is 0 Å². The van der Waals surface area contributed by atoms with Crippen molar-refractivity contribution in [3.63, 3.8) is 0 Å². The molecule has 5 heteroatoms. The highest BCUT2D eigenvalue weighted by molar-refractivity contribution is 5.49. The van der Waals surface area contributed by atoms with E-state index in [1.165, 1.54) is 0 Å². The summed E-state index contributed by atoms with van der Waals surface area (Å²) in [6.45, 7) is 16.6. The Hall–Kier alpha value is -1.36. The summed E-state index contributed by atoms with van der Waals surface area (Å²) in [6, 6.07) is 1.88. The Bertz CT molecular complexity index is 484. The van der Waals surface area contributed by atoms with E-state index in [0.717, 1.165) is 24.0 Å². The normalized spacial score (nSPS) is 13.2. The van der Waals surface area contributed by atoms with Crippen molar-refractivity contribution in [2.24, 2.45) is 0 Å². The van der Waals surface area contributed by atoms with Crippen LogP contribution in [-0.2, 0) is 5.41 Å². The first kappa shape index (κ1) is 17.7. The third kappa shape index (κ3) is 4.56. The van der Waals surface area contributed by atoms with Gasteiger partial charge in [-0.05, 0) is 34.6 Å². The summed E-state index contributed by atoms with van der Waals surface area (Å²) < 4.78 is 0. The van der Waals surface area contributed by atoms with Crippen LogP contribution in [-0.4, -0.2) is 32.8 Å². The molecule has 0 aliphatic carbocycles. The van der Waals surface area contributed by atoms with Gasteiger partial charge in [-0.1, -0.05) is 20.8 Å². The fourth-order valence-corrected chi connectivity index (χ4v) is 1.59. The molecule has 3 N–H and O–H groups in total. The summed E-state index contributed by atoms with van der Waals surface area (Å²) in [7, 11) is 0. The quantitative estimate of drug-likeness (QED) is 0.778. The lowest BCUT2D eigenvalue weighted by Gasteiger charge is -2.38. The van der Waals surface area contributed by atoms with Crippen LogP contribution in [0.3, 0.4) is 0 Å². The molecule has 0 spiro atoms. The van der Waals surface area contributed by atoms with Crippen LogP contribution in [0.1, 0.15) is 61.2 Å². The van der Waals surface area contributed by atoms with Crippen molar-refractivity contribution in [1.82, 2.24) is 9.97 Å². The van der Waals surface area contributed by atoms with Crippen LogP contribution in [0, 0.1) is 0 Å². The Balaban J connectivity index is 3.21. The van der Waals surface area contributed by atoms with Gasteiger partial charge in [0, 0.05) is 18.0 Å². The number of aliphatic hydroxyl groups is 1. The lowest BCUT2D eigenvalue weighted by molar-refractivity contribution is 0.0238. The monoisotopic (exact) mass is 294 g/mol. The molecule has 21 heavy (non-hydrogen) atoms. The van der Waals surface area contributed by atoms with Crippen LogP contribution >= 0.6 is 0 Å². The van der Waals surface area contributed by atoms with Gasteiger partial charge in [0.1, 0.15) is 17.5 Å². The summed E-state index contributed by atoms with van der Waals surface area (Å²) in [6.07, 6.45) is 0. The average Bonchev–Trinajstić information content (AvgIpc) is 2.25. The maximum absolute atomic E-state index is 10.3. The lowest BCUT2D eigenvalue weighted by atomic mass is 9.86. The fourth-order valence-electron chi connectivity index (χ4n) is 1.59. The topological polar surface area (TPSA) is 70.1 Å². The highest BCUT2D eigenvalue weighted by Crippen LogP contribution is 2.28. The number of nitrogens with one attached hydrogen (secondary N) is 2. The highest BCUT2D eigenvalue weighted by atomic mass is 16.3. The molecule has 0 bridgehead atoms. The minimum Gasteiger partial charge on any atom is -0.388 e. The van der Waals surface area contributed by atoms with Gasteiger partial charge < -0.3 is 15.7 Å². The zero-order valence-electron chi connectivity index (χ0n) is 14.6. The molecule has 0 radical (unpaired) electrons. The molecule has 0 saturated carbocycles. The van der Waals surface area contributed by atoms with E-state index in [4.69, 9.17) is 0 Å². The standard InChI is InChI=1S/C16H30N4O/c1-9-17-11-10-12(19-13(18-11)14(2,3)4)20-15(5,6)16(7,8)21/h10,21H,9H2,1-8H3,(H2,17,18,19,20). The van der Waals surface area contributed by atoms with Crippen LogP contribution < -0.4 is 10.6 Å². The first-order chi connectivity index (χ1) is 9.37. The Labute approximate surface area is 128 Å². The van der Waals surface area contributed by atoms with Crippen molar-refractivity contribution >= 4 is 11.6 Å². The summed E-state index contributed by atoms with van der Waals surface area (Å²) >= 11 is 0. The fraction of sp³-hybridized carbons (Fsp3) is 0.750. The second-order valence-electron chi connectivity index (χ2n) is 7.55. The zero-order chi connectivity index (χ0) is 16.5. The molecule has 0 unspecified atom stereocenters. The van der Waals surface area contributed by atoms with E-state index in [0.29, 0.717) is 0 Å². The number of hydrogen-bond acceptors (Lipinski definition) is 5. The van der Waals surface area contributed by atoms with Crippen LogP contribution in [0.15, 0.2) is 6.07 Å². The second-order valence-corrected chi connectivity index (χ2v) is 7.55. The zero-order valence-corrected chi connectivity index (χ0v) is 14.6. The van der Waals surface area contributed by atoms with Crippen molar-refractivity contribution in [2.75, 3.05) is 17.2 Å². The number of rotatable bonds is 5. The van der Waals surface area contributed by atoms with E-state index in [-0.39, 0.29) is 5.41 Å². The number of hydrogen-bond donors (Lipinski definition) is 3. The molecule has 0 aromatic carbocycles. The maximum atomic E-state index is 10.3. The smallest absolute Gasteiger partial charge is 0.138 e. The molecule has 0 aliphatic rings. The molecule has 1 aromatic rings. The summed E-state index contributed by atoms with van der Waals surface area (Å²) in [5, 5.41) is 16.8. The summed E-state index contributed by atoms with van der Waals surface area (Å²) in [5.74, 6) is 2.29. The molecule has 0 fully saturated rings. The molecule has 0 amide bonds. The summed E-state index contributed by atoms with van der Waals surface area (Å²) in [5.41, 5.74) is -1.53. The predicted molar refractivity (Wildman–Crippen MR) is 88.9 cm³/mol. The van der Waals surface area contributed by atoms with Crippen molar-refractivity contribution in [3.8, 4) is 0 Å². The van der Waals surface area contributed by atoms with Gasteiger partial charge in [0.05, 0.1) is 11.1 Å². The Morgan fingerprint density at radius 3 is 1.95 bits per heavy atom. The molecule has 1 aromatic heterocycles. The molecule has 120 valence electrons. The van der Waals surface area contributed by atoms with E-state index >= 15 is 0 Å². The Morgan fingerprint density at radius 1 is 1.00 bits per heavy atom. The van der Waals surface area contributed by atoms with Gasteiger partial charge in [0.15, 0.2) is 0 Å². The lowest BCUT2D eigenvalue weighted by Crippen LogP contribution is -2.51. The number of anilines is 2. The molecular weight excluding hydrogens is 264 g/mol. The predicted octanol–water partition coefficient (Wildman–Crippen LogP) is 3.17. The van der Waals surface area contributed by atoms with E-state index in [1.54, 1.807) is 13.8 Å². The van der Waals surface area contributed by atoms with Gasteiger partial charge in [-0.3, -0.25) is 0 Å². The Kier molecular flexibility index (Phi) is 4.88. The molecule has 1 heterocycles. The van der Waals surface area contributed by atoms with E-state index in [2.05, 4.69) is 41.4 Å². The minimum absolute atomic E-state index is 0.138. The molecule has 5 nitrogen and oxygen atoms in total. The van der Waals surface area contributed by atoms with Crippen LogP contribution in [0.4, 0.5) is 11.6 Å². The third-order valence-electron chi connectivity index (χ3n) is 3.72. The van der Waals surface area contributed by atoms with E-state index < -0.39 is 11.1 Å². The van der Waals surface area contributed by atoms with Crippen molar-refractivity contribution in [2.45, 2.75) is 71.9 Å². The maximum Gasteiger partial charge on any atom is 0.138 e. The van der Waals surface area contributed by atoms with E-state index in [9.17, 15) is 5.11 Å². The second kappa shape index (κ2) is 5.79. The molecule has 0 aliphatic heterocycles. The van der Waals surface area contributed by atoms with E-state index in [1.807, 2.05) is 26.8 Å². The SMILES string of the molecule is CCNc1cc(NC(C)(C)C(C)(C)O)nc(C(C)(C)C)n1. The number of aromatic nitrogens is 2. The van der Waals surface area contributed by atoms with Gasteiger partial charge in [0.2, 0.25) is 0 Å². The first-order valence-corrected chi connectivity index (χ1v) is 7.51. The Morgan fingerprint density at radius 2 is 1.52 bits per heavy atom. The van der Waals surface area contributed by atoms with Crippen molar-refractivity contribution in [3.05, 3.63) is 11.9 Å². The average molecular weight is 294 g/mol. The van der Waals surface area contributed by atoms with Gasteiger partial charge in [-0.2, -0.15) is 0 Å². The van der Waals surface area contributed by atoms with Crippen LogP contribution in [0.5, 0.6) is 0 Å². The van der Waals surface area contributed by atoms with Crippen LogP contribution in [0.2, 0.25) is 0 Å². The molecule has 0 atom stereocenters. The molecular formula is C16H30N4O. The number of nitrogens with zero attached hydrogens (tertiary/aromatic N) is 2. The molecule has 1 rings (SSSR count). The first-order valence-electron chi connectivity index (χ1n) is 7.51.